The number of carboxylic acid groups (broad SMARTS) is 1. The zero-order valence-electron chi connectivity index (χ0n) is 11.9. The number of nitrogens with one attached hydrogen (secondary N) is 1. The molecule has 0 saturated heterocycles. The van der Waals surface area contributed by atoms with Crippen molar-refractivity contribution in [2.75, 3.05) is 12.4 Å². The highest BCUT2D eigenvalue weighted by Crippen LogP contribution is 2.25. The first-order valence-corrected chi connectivity index (χ1v) is 6.55. The van der Waals surface area contributed by atoms with Gasteiger partial charge in [-0.05, 0) is 29.8 Å². The second kappa shape index (κ2) is 7.08. The van der Waals surface area contributed by atoms with Crippen molar-refractivity contribution < 1.29 is 19.4 Å². The molecule has 0 radical (unpaired) electrons. The zero-order valence-corrected chi connectivity index (χ0v) is 11.9. The Morgan fingerprint density at radius 3 is 2.50 bits per heavy atom. The van der Waals surface area contributed by atoms with Crippen LogP contribution >= 0.6 is 0 Å². The molecular weight excluding hydrogens is 282 g/mol. The van der Waals surface area contributed by atoms with E-state index in [1.54, 1.807) is 6.08 Å². The smallest absolute Gasteiger partial charge is 0.335 e. The highest BCUT2D eigenvalue weighted by molar-refractivity contribution is 6.03. The molecule has 2 aromatic rings. The maximum Gasteiger partial charge on any atom is 0.335 e. The van der Waals surface area contributed by atoms with E-state index >= 15 is 0 Å². The van der Waals surface area contributed by atoms with E-state index in [2.05, 4.69) is 5.32 Å². The predicted octanol–water partition coefficient (Wildman–Crippen LogP) is 3.05. The third-order valence-corrected chi connectivity index (χ3v) is 2.93. The first kappa shape index (κ1) is 15.3. The van der Waals surface area contributed by atoms with Crippen LogP contribution in [0.3, 0.4) is 0 Å². The number of aromatic carboxylic acids is 1. The van der Waals surface area contributed by atoms with Gasteiger partial charge in [0.25, 0.3) is 0 Å². The number of methoxy groups -OCH3 is 1. The van der Waals surface area contributed by atoms with E-state index in [1.165, 1.54) is 31.4 Å². The highest BCUT2D eigenvalue weighted by Gasteiger charge is 2.10. The molecule has 0 fully saturated rings. The molecule has 0 unspecified atom stereocenters. The minimum Gasteiger partial charge on any atom is -0.495 e. The van der Waals surface area contributed by atoms with E-state index in [1.807, 2.05) is 30.3 Å². The van der Waals surface area contributed by atoms with Gasteiger partial charge in [0, 0.05) is 6.08 Å². The predicted molar refractivity (Wildman–Crippen MR) is 84.1 cm³/mol. The van der Waals surface area contributed by atoms with E-state index in [-0.39, 0.29) is 11.5 Å². The Hall–Kier alpha value is -3.08. The Kier molecular flexibility index (Phi) is 4.93. The summed E-state index contributed by atoms with van der Waals surface area (Å²) in [5.74, 6) is -1.05. The lowest BCUT2D eigenvalue weighted by molar-refractivity contribution is -0.111. The van der Waals surface area contributed by atoms with Crippen molar-refractivity contribution in [3.63, 3.8) is 0 Å². The largest absolute Gasteiger partial charge is 0.495 e. The van der Waals surface area contributed by atoms with Crippen LogP contribution in [0.4, 0.5) is 5.69 Å². The van der Waals surface area contributed by atoms with Crippen LogP contribution in [0.2, 0.25) is 0 Å². The van der Waals surface area contributed by atoms with Gasteiger partial charge in [0.1, 0.15) is 5.75 Å². The van der Waals surface area contributed by atoms with Gasteiger partial charge in [0.05, 0.1) is 18.4 Å². The summed E-state index contributed by atoms with van der Waals surface area (Å²) in [7, 11) is 1.45. The first-order chi connectivity index (χ1) is 10.6. The summed E-state index contributed by atoms with van der Waals surface area (Å²) in [5, 5.41) is 11.6. The van der Waals surface area contributed by atoms with Crippen LogP contribution in [0.25, 0.3) is 6.08 Å². The van der Waals surface area contributed by atoms with E-state index in [0.29, 0.717) is 11.4 Å². The van der Waals surface area contributed by atoms with E-state index in [4.69, 9.17) is 9.84 Å². The fourth-order valence-electron chi connectivity index (χ4n) is 1.85. The molecule has 5 nitrogen and oxygen atoms in total. The number of ether oxygens (including phenoxy) is 1. The lowest BCUT2D eigenvalue weighted by atomic mass is 10.2. The van der Waals surface area contributed by atoms with Gasteiger partial charge in [-0.2, -0.15) is 0 Å². The number of carboxylic acids is 1. The molecule has 112 valence electrons. The molecule has 0 bridgehead atoms. The normalized spacial score (nSPS) is 10.4. The summed E-state index contributed by atoms with van der Waals surface area (Å²) in [6.45, 7) is 0. The molecule has 22 heavy (non-hydrogen) atoms. The number of hydrogen-bond acceptors (Lipinski definition) is 3. The lowest BCUT2D eigenvalue weighted by Gasteiger charge is -2.09. The number of rotatable bonds is 5. The molecule has 5 heteroatoms. The van der Waals surface area contributed by atoms with Crippen molar-refractivity contribution in [2.45, 2.75) is 0 Å². The molecule has 0 atom stereocenters. The minimum absolute atomic E-state index is 0.0724. The monoisotopic (exact) mass is 297 g/mol. The standard InChI is InChI=1S/C17H15NO4/c1-22-15-9-8-13(17(20)21)11-14(15)18-16(19)10-7-12-5-3-2-4-6-12/h2-11H,1H3,(H,18,19)(H,20,21)/b10-7+. The SMILES string of the molecule is COc1ccc(C(=O)O)cc1NC(=O)/C=C/c1ccccc1. The summed E-state index contributed by atoms with van der Waals surface area (Å²) in [5.41, 5.74) is 1.28. The molecule has 0 aromatic heterocycles. The molecule has 2 aromatic carbocycles. The molecular formula is C17H15NO4. The number of amides is 1. The van der Waals surface area contributed by atoms with Crippen molar-refractivity contribution in [1.82, 2.24) is 0 Å². The zero-order chi connectivity index (χ0) is 15.9. The van der Waals surface area contributed by atoms with Gasteiger partial charge in [-0.25, -0.2) is 4.79 Å². The maximum atomic E-state index is 11.9. The van der Waals surface area contributed by atoms with Crippen molar-refractivity contribution in [3.05, 3.63) is 65.7 Å². The van der Waals surface area contributed by atoms with Crippen LogP contribution in [0.15, 0.2) is 54.6 Å². The summed E-state index contributed by atoms with van der Waals surface area (Å²) in [6, 6.07) is 13.6. The Balaban J connectivity index is 2.15. The van der Waals surface area contributed by atoms with Crippen LogP contribution in [-0.2, 0) is 4.79 Å². The van der Waals surface area contributed by atoms with E-state index < -0.39 is 5.97 Å². The average molecular weight is 297 g/mol. The Morgan fingerprint density at radius 2 is 1.86 bits per heavy atom. The molecule has 1 amide bonds. The van der Waals surface area contributed by atoms with Gasteiger partial charge in [0.15, 0.2) is 0 Å². The van der Waals surface area contributed by atoms with Crippen molar-refractivity contribution in [2.24, 2.45) is 0 Å². The molecule has 0 saturated carbocycles. The third-order valence-electron chi connectivity index (χ3n) is 2.93. The second-order valence-corrected chi connectivity index (χ2v) is 4.45. The van der Waals surface area contributed by atoms with Gasteiger partial charge in [0.2, 0.25) is 5.91 Å². The number of hydrogen-bond donors (Lipinski definition) is 2. The van der Waals surface area contributed by atoms with E-state index in [0.717, 1.165) is 5.56 Å². The summed E-state index contributed by atoms with van der Waals surface area (Å²) in [6.07, 6.45) is 3.05. The number of benzene rings is 2. The van der Waals surface area contributed by atoms with Crippen LogP contribution in [0.5, 0.6) is 5.75 Å². The maximum absolute atomic E-state index is 11.9. The number of carbonyl (C=O) groups is 2. The number of carbonyl (C=O) groups excluding carboxylic acids is 1. The Labute approximate surface area is 127 Å². The lowest BCUT2D eigenvalue weighted by Crippen LogP contribution is -2.10. The van der Waals surface area contributed by atoms with Gasteiger partial charge in [-0.15, -0.1) is 0 Å². The van der Waals surface area contributed by atoms with Gasteiger partial charge >= 0.3 is 5.97 Å². The fourth-order valence-corrected chi connectivity index (χ4v) is 1.85. The summed E-state index contributed by atoms with van der Waals surface area (Å²) >= 11 is 0. The number of anilines is 1. The Bertz CT molecular complexity index is 708. The van der Waals surface area contributed by atoms with E-state index in [9.17, 15) is 9.59 Å². The average Bonchev–Trinajstić information content (AvgIpc) is 2.53. The molecule has 0 spiro atoms. The quantitative estimate of drug-likeness (QED) is 0.832. The summed E-state index contributed by atoms with van der Waals surface area (Å²) in [4.78, 5) is 22.9. The molecule has 0 aliphatic rings. The Morgan fingerprint density at radius 1 is 1.14 bits per heavy atom. The summed E-state index contributed by atoms with van der Waals surface area (Å²) < 4.78 is 5.11. The second-order valence-electron chi connectivity index (χ2n) is 4.45. The van der Waals surface area contributed by atoms with Crippen LogP contribution in [-0.4, -0.2) is 24.1 Å². The van der Waals surface area contributed by atoms with Gasteiger partial charge in [-0.3, -0.25) is 4.79 Å². The van der Waals surface area contributed by atoms with Crippen molar-refractivity contribution in [1.29, 1.82) is 0 Å². The molecule has 2 rings (SSSR count). The van der Waals surface area contributed by atoms with Crippen LogP contribution in [0.1, 0.15) is 15.9 Å². The van der Waals surface area contributed by atoms with Gasteiger partial charge in [-0.1, -0.05) is 30.3 Å². The molecule has 0 aliphatic carbocycles. The minimum atomic E-state index is -1.07. The fraction of sp³-hybridized carbons (Fsp3) is 0.0588. The topological polar surface area (TPSA) is 75.6 Å². The first-order valence-electron chi connectivity index (χ1n) is 6.55. The van der Waals surface area contributed by atoms with Gasteiger partial charge < -0.3 is 15.2 Å². The molecule has 2 N–H and O–H groups in total. The van der Waals surface area contributed by atoms with Crippen molar-refractivity contribution in [3.8, 4) is 5.75 Å². The highest BCUT2D eigenvalue weighted by atomic mass is 16.5. The molecule has 0 aliphatic heterocycles. The van der Waals surface area contributed by atoms with Crippen molar-refractivity contribution >= 4 is 23.6 Å². The third kappa shape index (κ3) is 3.96. The molecule has 0 heterocycles. The van der Waals surface area contributed by atoms with Crippen LogP contribution < -0.4 is 10.1 Å². The van der Waals surface area contributed by atoms with Crippen LogP contribution in [0, 0.1) is 0 Å².